The predicted molar refractivity (Wildman–Crippen MR) is 150 cm³/mol. The van der Waals surface area contributed by atoms with Crippen LogP contribution in [-0.2, 0) is 12.5 Å². The van der Waals surface area contributed by atoms with Gasteiger partial charge in [-0.1, -0.05) is 28.4 Å². The summed E-state index contributed by atoms with van der Waals surface area (Å²) < 4.78 is 94.8. The first-order valence-electron chi connectivity index (χ1n) is 13.3. The number of aryl methyl sites for hydroxylation is 1. The Kier molecular flexibility index (Phi) is 8.76. The summed E-state index contributed by atoms with van der Waals surface area (Å²) >= 11 is 12.5. The highest BCUT2D eigenvalue weighted by Crippen LogP contribution is 2.51. The molecule has 1 fully saturated rings. The molecule has 2 amide bonds. The van der Waals surface area contributed by atoms with Crippen molar-refractivity contribution >= 4 is 40.7 Å². The molecule has 3 heterocycles. The lowest BCUT2D eigenvalue weighted by atomic mass is 10.1. The number of benzene rings is 1. The molecule has 0 radical (unpaired) electrons. The molecule has 0 spiro atoms. The van der Waals surface area contributed by atoms with Crippen molar-refractivity contribution in [2.45, 2.75) is 44.3 Å². The van der Waals surface area contributed by atoms with Gasteiger partial charge in [0, 0.05) is 17.8 Å². The van der Waals surface area contributed by atoms with Gasteiger partial charge in [-0.3, -0.25) is 9.59 Å². The molecular weight excluding hydrogens is 672 g/mol. The Morgan fingerprint density at radius 3 is 2.41 bits per heavy atom. The van der Waals surface area contributed by atoms with Crippen LogP contribution in [0, 0.1) is 12.8 Å². The third kappa shape index (κ3) is 6.51. The fraction of sp³-hybridized carbons (Fsp3) is 0.333. The van der Waals surface area contributed by atoms with Gasteiger partial charge in [0.2, 0.25) is 0 Å². The highest BCUT2D eigenvalue weighted by molar-refractivity contribution is 6.32. The molecule has 2 N–H and O–H groups in total. The first kappa shape index (κ1) is 33.1. The maximum Gasteiger partial charge on any atom is 0.460 e. The smallest absolute Gasteiger partial charge is 0.352 e. The molecule has 1 aromatic carbocycles. The summed E-state index contributed by atoms with van der Waals surface area (Å²) in [6, 6.07) is 6.99. The SMILES string of the molecule is Cc1cc(Cl)cc(C(=O)NCC2CC2)c1NC(=O)c1cc(Cn2cc(C(F)(F)C(F)(F)C(F)(F)F)nn2)nn1-c1ncccc1Cl. The van der Waals surface area contributed by atoms with Gasteiger partial charge in [-0.25, -0.2) is 14.3 Å². The normalized spacial score (nSPS) is 14.0. The lowest BCUT2D eigenvalue weighted by Gasteiger charge is -2.26. The van der Waals surface area contributed by atoms with Gasteiger partial charge >= 0.3 is 18.0 Å². The minimum atomic E-state index is -6.57. The lowest BCUT2D eigenvalue weighted by Crippen LogP contribution is -2.50. The summed E-state index contributed by atoms with van der Waals surface area (Å²) in [5.41, 5.74) is -1.64. The topological polar surface area (TPSA) is 120 Å². The summed E-state index contributed by atoms with van der Waals surface area (Å²) in [6.45, 7) is 1.45. The van der Waals surface area contributed by atoms with Crippen LogP contribution in [0.5, 0.6) is 0 Å². The zero-order valence-corrected chi connectivity index (χ0v) is 24.9. The first-order chi connectivity index (χ1) is 21.5. The highest BCUT2D eigenvalue weighted by Gasteiger charge is 2.74. The van der Waals surface area contributed by atoms with E-state index in [2.05, 4.69) is 31.0 Å². The Hall–Kier alpha value is -4.25. The molecule has 0 atom stereocenters. The van der Waals surface area contributed by atoms with Crippen LogP contribution in [-0.4, -0.2) is 60.2 Å². The molecule has 19 heteroatoms. The minimum absolute atomic E-state index is 0.0334. The molecule has 46 heavy (non-hydrogen) atoms. The van der Waals surface area contributed by atoms with Gasteiger partial charge in [-0.15, -0.1) is 5.10 Å². The molecule has 3 aromatic heterocycles. The van der Waals surface area contributed by atoms with Crippen LogP contribution in [0.4, 0.5) is 36.4 Å². The van der Waals surface area contributed by atoms with E-state index >= 15 is 0 Å². The molecule has 1 aliphatic rings. The third-order valence-electron chi connectivity index (χ3n) is 6.90. The third-order valence-corrected chi connectivity index (χ3v) is 7.41. The van der Waals surface area contributed by atoms with Crippen LogP contribution in [0.15, 0.2) is 42.7 Å². The Balaban J connectivity index is 1.48. The molecule has 1 aliphatic carbocycles. The van der Waals surface area contributed by atoms with Crippen LogP contribution in [0.3, 0.4) is 0 Å². The van der Waals surface area contributed by atoms with Crippen molar-refractivity contribution in [3.63, 3.8) is 0 Å². The van der Waals surface area contributed by atoms with Crippen LogP contribution in [0.2, 0.25) is 10.0 Å². The number of rotatable bonds is 10. The number of anilines is 1. The van der Waals surface area contributed by atoms with E-state index in [9.17, 15) is 40.3 Å². The van der Waals surface area contributed by atoms with Crippen molar-refractivity contribution in [2.24, 2.45) is 5.92 Å². The van der Waals surface area contributed by atoms with Crippen LogP contribution in [0.25, 0.3) is 5.82 Å². The summed E-state index contributed by atoms with van der Waals surface area (Å²) in [5.74, 6) is -13.2. The zero-order chi connectivity index (χ0) is 33.6. The summed E-state index contributed by atoms with van der Waals surface area (Å²) in [5, 5.41) is 16.0. The average Bonchev–Trinajstić information content (AvgIpc) is 3.52. The number of carbonyl (C=O) groups is 2. The Bertz CT molecular complexity index is 1800. The Morgan fingerprint density at radius 2 is 1.76 bits per heavy atom. The van der Waals surface area contributed by atoms with Gasteiger partial charge in [0.1, 0.15) is 5.69 Å². The van der Waals surface area contributed by atoms with E-state index in [4.69, 9.17) is 23.2 Å². The highest BCUT2D eigenvalue weighted by atomic mass is 35.5. The number of hydrogen-bond acceptors (Lipinski definition) is 6. The summed E-state index contributed by atoms with van der Waals surface area (Å²) in [7, 11) is 0. The second-order valence-corrected chi connectivity index (χ2v) is 11.3. The monoisotopic (exact) mass is 692 g/mol. The Labute approximate surface area is 264 Å². The molecule has 0 unspecified atom stereocenters. The van der Waals surface area contributed by atoms with Crippen molar-refractivity contribution in [3.05, 3.63) is 81.0 Å². The summed E-state index contributed by atoms with van der Waals surface area (Å²) in [4.78, 5) is 30.8. The number of nitrogens with zero attached hydrogens (tertiary/aromatic N) is 6. The second kappa shape index (κ2) is 12.2. The maximum absolute atomic E-state index is 14.1. The minimum Gasteiger partial charge on any atom is -0.352 e. The van der Waals surface area contributed by atoms with Crippen molar-refractivity contribution < 1.29 is 40.3 Å². The van der Waals surface area contributed by atoms with Crippen LogP contribution >= 0.6 is 23.2 Å². The maximum atomic E-state index is 14.1. The van der Waals surface area contributed by atoms with E-state index in [1.807, 2.05) is 0 Å². The fourth-order valence-electron chi connectivity index (χ4n) is 4.31. The molecule has 0 bridgehead atoms. The quantitative estimate of drug-likeness (QED) is 0.191. The van der Waals surface area contributed by atoms with Gasteiger partial charge in [0.15, 0.2) is 11.5 Å². The zero-order valence-electron chi connectivity index (χ0n) is 23.3. The van der Waals surface area contributed by atoms with Crippen molar-refractivity contribution in [2.75, 3.05) is 11.9 Å². The number of halogens is 9. The number of alkyl halides is 7. The van der Waals surface area contributed by atoms with E-state index in [0.717, 1.165) is 23.6 Å². The van der Waals surface area contributed by atoms with Gasteiger partial charge in [0.05, 0.1) is 34.7 Å². The number of aromatic nitrogens is 6. The van der Waals surface area contributed by atoms with Crippen molar-refractivity contribution in [1.82, 2.24) is 35.1 Å². The van der Waals surface area contributed by atoms with E-state index in [1.54, 1.807) is 6.92 Å². The molecule has 1 saturated carbocycles. The van der Waals surface area contributed by atoms with Gasteiger partial charge in [-0.05, 0) is 61.6 Å². The molecule has 0 saturated heterocycles. The second-order valence-electron chi connectivity index (χ2n) is 10.4. The number of nitrogens with one attached hydrogen (secondary N) is 2. The van der Waals surface area contributed by atoms with E-state index in [0.29, 0.717) is 22.7 Å². The number of carbonyl (C=O) groups excluding carboxylic acids is 2. The van der Waals surface area contributed by atoms with Gasteiger partial charge < -0.3 is 10.6 Å². The van der Waals surface area contributed by atoms with Gasteiger partial charge in [0.25, 0.3) is 11.8 Å². The molecule has 5 rings (SSSR count). The number of pyridine rings is 1. The standard InChI is InChI=1S/C27H21Cl2F7N8O2/c1-13-7-15(28)8-17(23(45)38-10-14-4-5-14)21(13)39-24(46)19-9-16(41-44(19)22-18(29)3-2-6-37-22)11-43-12-20(40-42-43)25(30,31)26(32,33)27(34,35)36/h2-3,6-9,12,14H,4-5,10-11H2,1H3,(H,38,45)(H,39,46). The largest absolute Gasteiger partial charge is 0.460 e. The summed E-state index contributed by atoms with van der Waals surface area (Å²) in [6.07, 6.45) is -3.06. The predicted octanol–water partition coefficient (Wildman–Crippen LogP) is 6.20. The van der Waals surface area contributed by atoms with E-state index < -0.39 is 42.1 Å². The Morgan fingerprint density at radius 1 is 1.04 bits per heavy atom. The van der Waals surface area contributed by atoms with Crippen molar-refractivity contribution in [3.8, 4) is 5.82 Å². The molecule has 244 valence electrons. The van der Waals surface area contributed by atoms with Crippen LogP contribution < -0.4 is 10.6 Å². The van der Waals surface area contributed by atoms with Gasteiger partial charge in [-0.2, -0.15) is 35.8 Å². The van der Waals surface area contributed by atoms with Crippen LogP contribution in [0.1, 0.15) is 50.6 Å². The molecule has 0 aliphatic heterocycles. The van der Waals surface area contributed by atoms with Crippen molar-refractivity contribution in [1.29, 1.82) is 0 Å². The molecular formula is C27H21Cl2F7N8O2. The number of hydrogen-bond donors (Lipinski definition) is 2. The number of amides is 2. The lowest BCUT2D eigenvalue weighted by molar-refractivity contribution is -0.360. The molecule has 10 nitrogen and oxygen atoms in total. The average molecular weight is 693 g/mol. The fourth-order valence-corrected chi connectivity index (χ4v) is 4.78. The molecule has 4 aromatic rings. The van der Waals surface area contributed by atoms with E-state index in [1.165, 1.54) is 30.5 Å². The first-order valence-corrected chi connectivity index (χ1v) is 14.1. The van der Waals surface area contributed by atoms with E-state index in [-0.39, 0.29) is 44.7 Å².